The Morgan fingerprint density at radius 3 is 2.23 bits per heavy atom. The number of ketones is 1. The molecule has 1 aliphatic heterocycles. The number of hydrogen-bond donors (Lipinski definition) is 0. The highest BCUT2D eigenvalue weighted by atomic mass is 19.4. The van der Waals surface area contributed by atoms with Gasteiger partial charge < -0.3 is 9.64 Å². The number of piperazine rings is 1. The molecule has 5 nitrogen and oxygen atoms in total. The molecular weight excluding hydrogens is 349 g/mol. The van der Waals surface area contributed by atoms with Gasteiger partial charge in [-0.15, -0.1) is 0 Å². The maximum atomic E-state index is 12.8. The summed E-state index contributed by atoms with van der Waals surface area (Å²) in [5.74, 6) is -0.373. The highest BCUT2D eigenvalue weighted by molar-refractivity contribution is 5.97. The van der Waals surface area contributed by atoms with Crippen molar-refractivity contribution in [3.05, 3.63) is 35.4 Å². The van der Waals surface area contributed by atoms with Gasteiger partial charge in [-0.2, -0.15) is 13.2 Å². The zero-order chi connectivity index (χ0) is 19.5. The Bertz CT molecular complexity index is 660. The number of benzene rings is 1. The molecule has 2 rings (SSSR count). The summed E-state index contributed by atoms with van der Waals surface area (Å²) in [6.07, 6.45) is -4.88. The molecule has 0 saturated carbocycles. The zero-order valence-corrected chi connectivity index (χ0v) is 15.1. The van der Waals surface area contributed by atoms with Gasteiger partial charge in [0.15, 0.2) is 5.78 Å². The van der Waals surface area contributed by atoms with Crippen LogP contribution in [0.25, 0.3) is 0 Å². The van der Waals surface area contributed by atoms with Crippen LogP contribution in [0, 0.1) is 0 Å². The molecule has 0 radical (unpaired) electrons. The fourth-order valence-corrected chi connectivity index (χ4v) is 2.58. The molecule has 1 heterocycles. The van der Waals surface area contributed by atoms with E-state index in [-0.39, 0.29) is 17.9 Å². The molecule has 1 saturated heterocycles. The number of Topliss-reactive ketones (excluding diaryl/α,β-unsaturated/α-hetero) is 1. The molecular formula is C18H23F3N2O3. The van der Waals surface area contributed by atoms with Gasteiger partial charge in [0, 0.05) is 31.7 Å². The molecule has 1 aromatic rings. The molecule has 0 aliphatic carbocycles. The minimum Gasteiger partial charge on any atom is -0.444 e. The molecule has 1 fully saturated rings. The number of ether oxygens (including phenoxy) is 1. The molecule has 0 aromatic heterocycles. The van der Waals surface area contributed by atoms with Gasteiger partial charge in [0.25, 0.3) is 0 Å². The van der Waals surface area contributed by atoms with E-state index in [0.717, 1.165) is 12.1 Å². The number of nitrogens with zero attached hydrogens (tertiary/aromatic N) is 2. The Balaban J connectivity index is 1.90. The second-order valence-corrected chi connectivity index (χ2v) is 7.25. The second kappa shape index (κ2) is 7.65. The molecule has 0 atom stereocenters. The van der Waals surface area contributed by atoms with Crippen LogP contribution in [-0.4, -0.2) is 60.0 Å². The molecule has 0 bridgehead atoms. The van der Waals surface area contributed by atoms with Crippen molar-refractivity contribution in [2.24, 2.45) is 0 Å². The van der Waals surface area contributed by atoms with Crippen LogP contribution in [0.4, 0.5) is 18.0 Å². The lowest BCUT2D eigenvalue weighted by Gasteiger charge is -2.35. The summed E-state index contributed by atoms with van der Waals surface area (Å²) in [6.45, 7) is 7.12. The predicted molar refractivity (Wildman–Crippen MR) is 90.0 cm³/mol. The molecule has 0 N–H and O–H groups in total. The predicted octanol–water partition coefficient (Wildman–Crippen LogP) is 3.44. The monoisotopic (exact) mass is 372 g/mol. The largest absolute Gasteiger partial charge is 0.444 e. The van der Waals surface area contributed by atoms with E-state index in [1.165, 1.54) is 12.1 Å². The minimum atomic E-state index is -4.48. The molecule has 0 spiro atoms. The van der Waals surface area contributed by atoms with E-state index in [9.17, 15) is 22.8 Å². The van der Waals surface area contributed by atoms with Gasteiger partial charge in [-0.05, 0) is 32.9 Å². The number of carbonyl (C=O) groups excluding carboxylic acids is 2. The van der Waals surface area contributed by atoms with Gasteiger partial charge in [-0.1, -0.05) is 12.1 Å². The smallest absolute Gasteiger partial charge is 0.416 e. The number of carbonyl (C=O) groups is 2. The quantitative estimate of drug-likeness (QED) is 0.763. The van der Waals surface area contributed by atoms with Crippen LogP contribution in [0.2, 0.25) is 0 Å². The van der Waals surface area contributed by atoms with Crippen molar-refractivity contribution < 1.29 is 27.5 Å². The average molecular weight is 372 g/mol. The van der Waals surface area contributed by atoms with Crippen molar-refractivity contribution in [1.29, 1.82) is 0 Å². The number of alkyl halides is 3. The molecule has 8 heteroatoms. The summed E-state index contributed by atoms with van der Waals surface area (Å²) in [6, 6.07) is 4.43. The Morgan fingerprint density at radius 2 is 1.69 bits per heavy atom. The SMILES string of the molecule is CC(C)(C)OC(=O)N1CCN(CC(=O)c2cccc(C(F)(F)F)c2)CC1. The minimum absolute atomic E-state index is 0.0173. The van der Waals surface area contributed by atoms with Crippen molar-refractivity contribution in [3.63, 3.8) is 0 Å². The molecule has 1 aromatic carbocycles. The number of halogens is 3. The van der Waals surface area contributed by atoms with E-state index in [1.54, 1.807) is 25.7 Å². The number of amides is 1. The van der Waals surface area contributed by atoms with E-state index in [1.807, 2.05) is 4.90 Å². The number of rotatable bonds is 3. The van der Waals surface area contributed by atoms with Crippen molar-refractivity contribution in [2.45, 2.75) is 32.5 Å². The van der Waals surface area contributed by atoms with Gasteiger partial charge in [0.1, 0.15) is 5.60 Å². The standard InChI is InChI=1S/C18H23F3N2O3/c1-17(2,3)26-16(25)23-9-7-22(8-10-23)12-15(24)13-5-4-6-14(11-13)18(19,20)21/h4-6,11H,7-10,12H2,1-3H3. The Kier molecular flexibility index (Phi) is 5.95. The summed E-state index contributed by atoms with van der Waals surface area (Å²) in [5, 5.41) is 0. The Morgan fingerprint density at radius 1 is 1.08 bits per heavy atom. The van der Waals surface area contributed by atoms with E-state index in [4.69, 9.17) is 4.74 Å². The summed E-state index contributed by atoms with van der Waals surface area (Å²) in [7, 11) is 0. The molecule has 0 unspecified atom stereocenters. The third kappa shape index (κ3) is 5.72. The van der Waals surface area contributed by atoms with Crippen molar-refractivity contribution >= 4 is 11.9 Å². The lowest BCUT2D eigenvalue weighted by Crippen LogP contribution is -2.51. The highest BCUT2D eigenvalue weighted by Gasteiger charge is 2.31. The van der Waals surface area contributed by atoms with Crippen molar-refractivity contribution in [3.8, 4) is 0 Å². The normalized spacial score (nSPS) is 16.5. The van der Waals surface area contributed by atoms with Gasteiger partial charge in [-0.25, -0.2) is 4.79 Å². The van der Waals surface area contributed by atoms with Crippen molar-refractivity contribution in [1.82, 2.24) is 9.80 Å². The van der Waals surface area contributed by atoms with E-state index in [2.05, 4.69) is 0 Å². The highest BCUT2D eigenvalue weighted by Crippen LogP contribution is 2.29. The maximum Gasteiger partial charge on any atom is 0.416 e. The summed E-state index contributed by atoms with van der Waals surface area (Å²) >= 11 is 0. The Hall–Kier alpha value is -2.09. The van der Waals surface area contributed by atoms with Crippen LogP contribution in [0.15, 0.2) is 24.3 Å². The van der Waals surface area contributed by atoms with Gasteiger partial charge in [-0.3, -0.25) is 9.69 Å². The fourth-order valence-electron chi connectivity index (χ4n) is 2.58. The van der Waals surface area contributed by atoms with Crippen LogP contribution in [-0.2, 0) is 10.9 Å². The molecule has 26 heavy (non-hydrogen) atoms. The molecule has 1 amide bonds. The lowest BCUT2D eigenvalue weighted by molar-refractivity contribution is -0.137. The first-order chi connectivity index (χ1) is 12.0. The van der Waals surface area contributed by atoms with Gasteiger partial charge >= 0.3 is 12.3 Å². The first kappa shape index (κ1) is 20.2. The fraction of sp³-hybridized carbons (Fsp3) is 0.556. The first-order valence-corrected chi connectivity index (χ1v) is 8.36. The zero-order valence-electron chi connectivity index (χ0n) is 15.1. The lowest BCUT2D eigenvalue weighted by atomic mass is 10.1. The van der Waals surface area contributed by atoms with Crippen LogP contribution in [0.1, 0.15) is 36.7 Å². The van der Waals surface area contributed by atoms with Crippen LogP contribution < -0.4 is 0 Å². The van der Waals surface area contributed by atoms with Gasteiger partial charge in [0.2, 0.25) is 0 Å². The molecule has 1 aliphatic rings. The molecule has 144 valence electrons. The average Bonchev–Trinajstić information content (AvgIpc) is 2.53. The topological polar surface area (TPSA) is 49.9 Å². The Labute approximate surface area is 150 Å². The van der Waals surface area contributed by atoms with E-state index in [0.29, 0.717) is 26.2 Å². The summed E-state index contributed by atoms with van der Waals surface area (Å²) < 4.78 is 43.6. The summed E-state index contributed by atoms with van der Waals surface area (Å²) in [4.78, 5) is 27.7. The van der Waals surface area contributed by atoms with E-state index < -0.39 is 23.4 Å². The first-order valence-electron chi connectivity index (χ1n) is 8.36. The van der Waals surface area contributed by atoms with E-state index >= 15 is 0 Å². The van der Waals surface area contributed by atoms with Crippen LogP contribution in [0.3, 0.4) is 0 Å². The third-order valence-electron chi connectivity index (χ3n) is 3.90. The van der Waals surface area contributed by atoms with Crippen LogP contribution >= 0.6 is 0 Å². The van der Waals surface area contributed by atoms with Gasteiger partial charge in [0.05, 0.1) is 12.1 Å². The van der Waals surface area contributed by atoms with Crippen molar-refractivity contribution in [2.75, 3.05) is 32.7 Å². The third-order valence-corrected chi connectivity index (χ3v) is 3.90. The summed E-state index contributed by atoms with van der Waals surface area (Å²) in [5.41, 5.74) is -1.37. The number of hydrogen-bond acceptors (Lipinski definition) is 4. The second-order valence-electron chi connectivity index (χ2n) is 7.25. The maximum absolute atomic E-state index is 12.8. The van der Waals surface area contributed by atoms with Crippen LogP contribution in [0.5, 0.6) is 0 Å².